The van der Waals surface area contributed by atoms with Crippen LogP contribution in [-0.2, 0) is 13.6 Å². The van der Waals surface area contributed by atoms with Gasteiger partial charge in [-0.2, -0.15) is 22.1 Å². The number of rotatable bonds is 5. The van der Waals surface area contributed by atoms with E-state index in [9.17, 15) is 10.4 Å². The largest absolute Gasteiger partial charge is 0.398 e. The van der Waals surface area contributed by atoms with Crippen LogP contribution in [0, 0.1) is 17.2 Å². The van der Waals surface area contributed by atoms with Crippen LogP contribution < -0.4 is 5.73 Å². The molecule has 28 heavy (non-hydrogen) atoms. The molecule has 7 heteroatoms. The summed E-state index contributed by atoms with van der Waals surface area (Å²) in [5, 5.41) is 25.7. The summed E-state index contributed by atoms with van der Waals surface area (Å²) in [4.78, 5) is 1.94. The first-order valence-electron chi connectivity index (χ1n) is 9.17. The van der Waals surface area contributed by atoms with Crippen molar-refractivity contribution in [2.45, 2.75) is 12.8 Å². The lowest BCUT2D eigenvalue weighted by molar-refractivity contribution is 0.00962. The molecule has 0 fully saturated rings. The number of aromatic nitrogens is 2. The number of benzene rings is 2. The quantitative estimate of drug-likeness (QED) is 0.647. The number of thioether (sulfide) groups is 1. The van der Waals surface area contributed by atoms with E-state index in [1.807, 2.05) is 41.2 Å². The van der Waals surface area contributed by atoms with Gasteiger partial charge in [-0.05, 0) is 35.1 Å². The second kappa shape index (κ2) is 7.47. The van der Waals surface area contributed by atoms with Crippen LogP contribution >= 0.6 is 11.8 Å². The molecule has 144 valence electrons. The Balaban J connectivity index is 1.73. The van der Waals surface area contributed by atoms with E-state index in [0.29, 0.717) is 18.8 Å². The van der Waals surface area contributed by atoms with Gasteiger partial charge in [-0.15, -0.1) is 0 Å². The first-order chi connectivity index (χ1) is 13.5. The highest BCUT2D eigenvalue weighted by molar-refractivity contribution is 7.98. The van der Waals surface area contributed by atoms with Gasteiger partial charge in [0.05, 0.1) is 23.7 Å². The molecule has 0 bridgehead atoms. The predicted octanol–water partition coefficient (Wildman–Crippen LogP) is 3.13. The van der Waals surface area contributed by atoms with Crippen LogP contribution in [0.1, 0.15) is 17.4 Å². The fraction of sp³-hybridized carbons (Fsp3) is 0.333. The molecular formula is C21H23N5OS. The molecule has 0 aliphatic carbocycles. The van der Waals surface area contributed by atoms with Gasteiger partial charge in [0.15, 0.2) is 0 Å². The van der Waals surface area contributed by atoms with E-state index in [0.717, 1.165) is 38.9 Å². The third-order valence-corrected chi connectivity index (χ3v) is 6.16. The second-order valence-corrected chi connectivity index (χ2v) is 8.13. The van der Waals surface area contributed by atoms with Crippen molar-refractivity contribution in [3.8, 4) is 17.2 Å². The van der Waals surface area contributed by atoms with Gasteiger partial charge in [0.1, 0.15) is 6.23 Å². The lowest BCUT2D eigenvalue weighted by Crippen LogP contribution is -2.29. The Labute approximate surface area is 168 Å². The maximum atomic E-state index is 10.9. The van der Waals surface area contributed by atoms with Crippen molar-refractivity contribution >= 4 is 28.4 Å². The molecule has 0 amide bonds. The molecule has 2 aromatic carbocycles. The SMILES string of the molecule is CSCC(C#N)CN1Cc2c(-c3ccc4cnn(C)c4c3)ccc(N)c2C1O. The zero-order chi connectivity index (χ0) is 19.8. The monoisotopic (exact) mass is 393 g/mol. The maximum absolute atomic E-state index is 10.9. The molecule has 0 saturated heterocycles. The molecule has 2 heterocycles. The first-order valence-corrected chi connectivity index (χ1v) is 10.6. The smallest absolute Gasteiger partial charge is 0.136 e. The summed E-state index contributed by atoms with van der Waals surface area (Å²) in [5.41, 5.74) is 11.8. The van der Waals surface area contributed by atoms with Crippen molar-refractivity contribution in [2.75, 3.05) is 24.3 Å². The Kier molecular flexibility index (Phi) is 5.02. The Morgan fingerprint density at radius 2 is 2.21 bits per heavy atom. The zero-order valence-corrected chi connectivity index (χ0v) is 16.8. The number of nitrogens with two attached hydrogens (primary N) is 1. The van der Waals surface area contributed by atoms with E-state index in [1.54, 1.807) is 11.8 Å². The van der Waals surface area contributed by atoms with Crippen LogP contribution in [0.15, 0.2) is 36.5 Å². The van der Waals surface area contributed by atoms with E-state index in [1.165, 1.54) is 0 Å². The third kappa shape index (κ3) is 3.14. The van der Waals surface area contributed by atoms with Gasteiger partial charge >= 0.3 is 0 Å². The molecule has 1 aliphatic heterocycles. The number of aliphatic hydroxyl groups is 1. The zero-order valence-electron chi connectivity index (χ0n) is 16.0. The van der Waals surface area contributed by atoms with Crippen molar-refractivity contribution in [1.82, 2.24) is 14.7 Å². The molecule has 0 spiro atoms. The molecule has 6 nitrogen and oxygen atoms in total. The summed E-state index contributed by atoms with van der Waals surface area (Å²) in [6, 6.07) is 12.5. The number of nitriles is 1. The summed E-state index contributed by atoms with van der Waals surface area (Å²) in [6.45, 7) is 1.10. The Morgan fingerprint density at radius 3 is 2.96 bits per heavy atom. The number of aliphatic hydroxyl groups excluding tert-OH is 1. The van der Waals surface area contributed by atoms with Crippen LogP contribution in [0.5, 0.6) is 0 Å². The van der Waals surface area contributed by atoms with E-state index in [2.05, 4.69) is 29.4 Å². The molecule has 3 aromatic rings. The normalized spacial score (nSPS) is 17.6. The molecule has 2 unspecified atom stereocenters. The Hall–Kier alpha value is -2.53. The van der Waals surface area contributed by atoms with Gasteiger partial charge < -0.3 is 10.8 Å². The van der Waals surface area contributed by atoms with E-state index < -0.39 is 6.23 Å². The van der Waals surface area contributed by atoms with Gasteiger partial charge in [-0.3, -0.25) is 9.58 Å². The Bertz CT molecular complexity index is 1070. The van der Waals surface area contributed by atoms with Gasteiger partial charge in [-0.25, -0.2) is 0 Å². The fourth-order valence-electron chi connectivity index (χ4n) is 3.99. The van der Waals surface area contributed by atoms with Crippen LogP contribution in [-0.4, -0.2) is 38.3 Å². The highest BCUT2D eigenvalue weighted by Gasteiger charge is 2.33. The average molecular weight is 394 g/mol. The number of nitrogen functional groups attached to an aromatic ring is 1. The van der Waals surface area contributed by atoms with Gasteiger partial charge in [0.25, 0.3) is 0 Å². The van der Waals surface area contributed by atoms with Gasteiger partial charge in [0, 0.05) is 42.5 Å². The summed E-state index contributed by atoms with van der Waals surface area (Å²) < 4.78 is 1.86. The maximum Gasteiger partial charge on any atom is 0.136 e. The van der Waals surface area contributed by atoms with Crippen LogP contribution in [0.2, 0.25) is 0 Å². The summed E-state index contributed by atoms with van der Waals surface area (Å²) >= 11 is 1.65. The van der Waals surface area contributed by atoms with Crippen molar-refractivity contribution in [2.24, 2.45) is 13.0 Å². The van der Waals surface area contributed by atoms with E-state index >= 15 is 0 Å². The predicted molar refractivity (Wildman–Crippen MR) is 113 cm³/mol. The lowest BCUT2D eigenvalue weighted by atomic mass is 9.95. The van der Waals surface area contributed by atoms with Gasteiger partial charge in [0.2, 0.25) is 0 Å². The molecule has 2 atom stereocenters. The highest BCUT2D eigenvalue weighted by atomic mass is 32.2. The summed E-state index contributed by atoms with van der Waals surface area (Å²) in [7, 11) is 1.93. The van der Waals surface area contributed by atoms with Crippen molar-refractivity contribution in [3.05, 3.63) is 47.7 Å². The van der Waals surface area contributed by atoms with Gasteiger partial charge in [-0.1, -0.05) is 18.2 Å². The average Bonchev–Trinajstić information content (AvgIpc) is 3.22. The van der Waals surface area contributed by atoms with Crippen molar-refractivity contribution in [1.29, 1.82) is 5.26 Å². The lowest BCUT2D eigenvalue weighted by Gasteiger charge is -2.22. The number of hydrogen-bond acceptors (Lipinski definition) is 6. The molecule has 0 radical (unpaired) electrons. The topological polar surface area (TPSA) is 91.1 Å². The minimum Gasteiger partial charge on any atom is -0.398 e. The standard InChI is InChI=1S/C21H23N5OS/c1-25-19-7-14(3-4-15(19)9-24-25)16-5-6-18(23)20-17(16)11-26(21(20)27)10-13(8-22)12-28-2/h3-7,9,13,21,27H,10-12,23H2,1-2H3. The molecule has 0 saturated carbocycles. The Morgan fingerprint density at radius 1 is 1.39 bits per heavy atom. The van der Waals surface area contributed by atoms with Crippen molar-refractivity contribution in [3.63, 3.8) is 0 Å². The fourth-order valence-corrected chi connectivity index (χ4v) is 4.57. The highest BCUT2D eigenvalue weighted by Crippen LogP contribution is 2.42. The molecule has 1 aliphatic rings. The van der Waals surface area contributed by atoms with E-state index in [-0.39, 0.29) is 5.92 Å². The number of aryl methyl sites for hydroxylation is 1. The third-order valence-electron chi connectivity index (χ3n) is 5.42. The first kappa shape index (κ1) is 18.8. The molecule has 3 N–H and O–H groups in total. The minimum atomic E-state index is -0.784. The number of fused-ring (bicyclic) bond motifs is 2. The summed E-state index contributed by atoms with van der Waals surface area (Å²) in [6.07, 6.45) is 3.06. The van der Waals surface area contributed by atoms with Crippen molar-refractivity contribution < 1.29 is 5.11 Å². The van der Waals surface area contributed by atoms with Crippen LogP contribution in [0.4, 0.5) is 5.69 Å². The van der Waals surface area contributed by atoms with Crippen LogP contribution in [0.25, 0.3) is 22.0 Å². The number of nitrogens with zero attached hydrogens (tertiary/aromatic N) is 4. The molecular weight excluding hydrogens is 370 g/mol. The molecule has 1 aromatic heterocycles. The second-order valence-electron chi connectivity index (χ2n) is 7.22. The number of anilines is 1. The van der Waals surface area contributed by atoms with Crippen LogP contribution in [0.3, 0.4) is 0 Å². The van der Waals surface area contributed by atoms with E-state index in [4.69, 9.17) is 5.73 Å². The number of hydrogen-bond donors (Lipinski definition) is 2. The molecule has 4 rings (SSSR count). The minimum absolute atomic E-state index is 0.130. The summed E-state index contributed by atoms with van der Waals surface area (Å²) in [5.74, 6) is 0.615.